The molecule has 59 heavy (non-hydrogen) atoms. The summed E-state index contributed by atoms with van der Waals surface area (Å²) in [5.41, 5.74) is 14.9. The number of anilines is 2. The van der Waals surface area contributed by atoms with Gasteiger partial charge in [-0.25, -0.2) is 4.79 Å². The summed E-state index contributed by atoms with van der Waals surface area (Å²) >= 11 is 0. The highest BCUT2D eigenvalue weighted by atomic mass is 16.5. The Morgan fingerprint density at radius 3 is 1.44 bits per heavy atom. The van der Waals surface area contributed by atoms with Gasteiger partial charge in [0.25, 0.3) is 0 Å². The van der Waals surface area contributed by atoms with Crippen molar-refractivity contribution in [2.24, 2.45) is 17.4 Å². The number of hydrogen-bond donors (Lipinski definition) is 5. The lowest BCUT2D eigenvalue weighted by Gasteiger charge is -2.29. The number of carbonyl (C=O) groups is 3. The van der Waals surface area contributed by atoms with Crippen molar-refractivity contribution in [2.45, 2.75) is 143 Å². The van der Waals surface area contributed by atoms with Crippen LogP contribution in [-0.2, 0) is 33.3 Å². The first-order valence-corrected chi connectivity index (χ1v) is 21.4. The quantitative estimate of drug-likeness (QED) is 0.0594. The molecular weight excluding hydrogens is 751 g/mol. The van der Waals surface area contributed by atoms with Crippen LogP contribution in [0.2, 0.25) is 0 Å². The van der Waals surface area contributed by atoms with Crippen molar-refractivity contribution in [3.05, 3.63) is 47.5 Å². The number of amides is 3. The zero-order valence-corrected chi connectivity index (χ0v) is 37.6. The molecular formula is C46H75N5O8. The molecule has 13 nitrogen and oxygen atoms in total. The molecule has 13 heteroatoms. The number of ether oxygens (including phenoxy) is 5. The first-order chi connectivity index (χ1) is 27.6. The maximum absolute atomic E-state index is 13.1. The average molecular weight is 826 g/mol. The molecule has 0 unspecified atom stereocenters. The maximum Gasteiger partial charge on any atom is 0.407 e. The van der Waals surface area contributed by atoms with E-state index >= 15 is 0 Å². The predicted molar refractivity (Wildman–Crippen MR) is 236 cm³/mol. The third kappa shape index (κ3) is 17.9. The summed E-state index contributed by atoms with van der Waals surface area (Å²) < 4.78 is 29.9. The Balaban J connectivity index is 1.64. The van der Waals surface area contributed by atoms with Gasteiger partial charge in [0.05, 0.1) is 61.7 Å². The molecule has 0 spiro atoms. The van der Waals surface area contributed by atoms with Crippen LogP contribution in [-0.4, -0.2) is 93.0 Å². The van der Waals surface area contributed by atoms with Crippen LogP contribution in [0.25, 0.3) is 11.1 Å². The fourth-order valence-corrected chi connectivity index (χ4v) is 6.79. The first-order valence-electron chi connectivity index (χ1n) is 21.4. The Labute approximate surface area is 353 Å². The van der Waals surface area contributed by atoms with Crippen molar-refractivity contribution in [3.63, 3.8) is 0 Å². The Morgan fingerprint density at radius 2 is 1.03 bits per heavy atom. The molecule has 332 valence electrons. The normalized spacial score (nSPS) is 13.3. The number of hydrogen-bond acceptors (Lipinski definition) is 10. The van der Waals surface area contributed by atoms with Crippen molar-refractivity contribution in [3.8, 4) is 11.1 Å². The second kappa shape index (κ2) is 22.9. The van der Waals surface area contributed by atoms with Gasteiger partial charge in [0.1, 0.15) is 6.61 Å². The number of carbonyl (C=O) groups excluding carboxylic acids is 3. The zero-order valence-electron chi connectivity index (χ0n) is 37.6. The Morgan fingerprint density at radius 1 is 0.627 bits per heavy atom. The third-order valence-corrected chi connectivity index (χ3v) is 10.6. The van der Waals surface area contributed by atoms with E-state index in [1.807, 2.05) is 91.8 Å². The molecule has 1 aliphatic carbocycles. The number of nitrogens with two attached hydrogens (primary N) is 2. The van der Waals surface area contributed by atoms with Crippen molar-refractivity contribution in [2.75, 3.05) is 63.3 Å². The molecule has 3 rings (SSSR count). The summed E-state index contributed by atoms with van der Waals surface area (Å²) in [4.78, 5) is 38.9. The third-order valence-electron chi connectivity index (χ3n) is 10.6. The van der Waals surface area contributed by atoms with E-state index in [2.05, 4.69) is 29.8 Å². The van der Waals surface area contributed by atoms with Crippen LogP contribution >= 0.6 is 0 Å². The first kappa shape index (κ1) is 49.8. The summed E-state index contributed by atoms with van der Waals surface area (Å²) in [6.45, 7) is 23.6. The largest absolute Gasteiger partial charge is 0.449 e. The smallest absolute Gasteiger partial charge is 0.407 e. The molecule has 0 aromatic heterocycles. The Hall–Kier alpha value is -3.59. The van der Waals surface area contributed by atoms with E-state index in [1.54, 1.807) is 0 Å². The van der Waals surface area contributed by atoms with Gasteiger partial charge in [0, 0.05) is 23.8 Å². The molecule has 0 fully saturated rings. The highest BCUT2D eigenvalue weighted by Crippen LogP contribution is 2.47. The average Bonchev–Trinajstić information content (AvgIpc) is 3.41. The maximum atomic E-state index is 13.1. The minimum absolute atomic E-state index is 0.0778. The molecule has 0 saturated heterocycles. The van der Waals surface area contributed by atoms with Crippen LogP contribution in [0.1, 0.15) is 131 Å². The standard InChI is InChI=1S/C46H75N5O8/c1-32(2)15-24-49-42(54)55-31-39-37-29-33(50-40(52)16-25-56-45(7,8)20-27-58-43(3,4)18-22-47)11-13-35(37)36-14-12-34(30-38(36)39)51-41(53)17-26-57-46(9,10)21-28-59-44(5,6)19-23-48/h11-14,29-30,32,39H,15-28,31,47-48H2,1-10H3,(H,49,54)(H,50,52)(H,51,53). The molecule has 2 aromatic carbocycles. The summed E-state index contributed by atoms with van der Waals surface area (Å²) in [5, 5.41) is 8.88. The molecule has 2 aromatic rings. The van der Waals surface area contributed by atoms with Gasteiger partial charge < -0.3 is 51.1 Å². The summed E-state index contributed by atoms with van der Waals surface area (Å²) in [5.74, 6) is -0.232. The molecule has 0 saturated carbocycles. The number of rotatable bonds is 27. The van der Waals surface area contributed by atoms with E-state index in [-0.39, 0.29) is 61.6 Å². The molecule has 7 N–H and O–H groups in total. The predicted octanol–water partition coefficient (Wildman–Crippen LogP) is 7.89. The highest BCUT2D eigenvalue weighted by Gasteiger charge is 2.31. The molecule has 0 aliphatic heterocycles. The number of nitrogens with one attached hydrogen (secondary N) is 3. The summed E-state index contributed by atoms with van der Waals surface area (Å²) in [6, 6.07) is 11.6. The minimum atomic E-state index is -0.489. The minimum Gasteiger partial charge on any atom is -0.449 e. The lowest BCUT2D eigenvalue weighted by molar-refractivity contribution is -0.120. The second-order valence-corrected chi connectivity index (χ2v) is 18.5. The molecule has 1 aliphatic rings. The number of alkyl carbamates (subject to hydrolysis) is 1. The van der Waals surface area contributed by atoms with E-state index in [4.69, 9.17) is 35.2 Å². The van der Waals surface area contributed by atoms with Gasteiger partial charge in [-0.1, -0.05) is 26.0 Å². The topological polar surface area (TPSA) is 185 Å². The van der Waals surface area contributed by atoms with Crippen molar-refractivity contribution < 1.29 is 38.1 Å². The molecule has 0 bridgehead atoms. The molecule has 0 heterocycles. The van der Waals surface area contributed by atoms with Crippen LogP contribution < -0.4 is 27.4 Å². The fraction of sp³-hybridized carbons (Fsp3) is 0.674. The van der Waals surface area contributed by atoms with Crippen LogP contribution in [0.4, 0.5) is 16.2 Å². The zero-order chi connectivity index (χ0) is 43.9. The van der Waals surface area contributed by atoms with Crippen LogP contribution in [0.5, 0.6) is 0 Å². The van der Waals surface area contributed by atoms with Crippen molar-refractivity contribution in [1.29, 1.82) is 0 Å². The van der Waals surface area contributed by atoms with E-state index < -0.39 is 17.3 Å². The van der Waals surface area contributed by atoms with Crippen molar-refractivity contribution >= 4 is 29.3 Å². The SMILES string of the molecule is CC(C)CCNC(=O)OCC1c2cc(NC(=O)CCOC(C)(C)CCOC(C)(C)CCN)ccc2-c2ccc(NC(=O)CCOC(C)(C)CCOC(C)(C)CCN)cc21. The Kier molecular flexibility index (Phi) is 19.3. The molecule has 0 radical (unpaired) electrons. The van der Waals surface area contributed by atoms with E-state index in [1.165, 1.54) is 0 Å². The van der Waals surface area contributed by atoms with Gasteiger partial charge in [0.2, 0.25) is 11.8 Å². The van der Waals surface area contributed by atoms with Crippen LogP contribution in [0.15, 0.2) is 36.4 Å². The van der Waals surface area contributed by atoms with Gasteiger partial charge in [-0.3, -0.25) is 9.59 Å². The highest BCUT2D eigenvalue weighted by molar-refractivity contribution is 5.94. The Bertz CT molecular complexity index is 1550. The van der Waals surface area contributed by atoms with Gasteiger partial charge in [-0.2, -0.15) is 0 Å². The molecule has 3 amide bonds. The van der Waals surface area contributed by atoms with Gasteiger partial charge >= 0.3 is 6.09 Å². The van der Waals surface area contributed by atoms with Crippen LogP contribution in [0, 0.1) is 5.92 Å². The number of benzene rings is 2. The lowest BCUT2D eigenvalue weighted by atomic mass is 9.97. The monoisotopic (exact) mass is 826 g/mol. The van der Waals surface area contributed by atoms with Crippen LogP contribution in [0.3, 0.4) is 0 Å². The van der Waals surface area contributed by atoms with Gasteiger partial charge in [-0.15, -0.1) is 0 Å². The van der Waals surface area contributed by atoms with E-state index in [0.29, 0.717) is 63.0 Å². The molecule has 0 atom stereocenters. The second-order valence-electron chi connectivity index (χ2n) is 18.5. The summed E-state index contributed by atoms with van der Waals surface area (Å²) in [7, 11) is 0. The van der Waals surface area contributed by atoms with Gasteiger partial charge in [0.15, 0.2) is 0 Å². The number of fused-ring (bicyclic) bond motifs is 3. The lowest BCUT2D eigenvalue weighted by Crippen LogP contribution is -2.32. The summed E-state index contributed by atoms with van der Waals surface area (Å²) in [6.07, 6.45) is 3.60. The van der Waals surface area contributed by atoms with Crippen molar-refractivity contribution in [1.82, 2.24) is 5.32 Å². The van der Waals surface area contributed by atoms with Gasteiger partial charge in [-0.05, 0) is 153 Å². The fourth-order valence-electron chi connectivity index (χ4n) is 6.79. The van der Waals surface area contributed by atoms with E-state index in [9.17, 15) is 14.4 Å². The van der Waals surface area contributed by atoms with E-state index in [0.717, 1.165) is 41.5 Å².